The third-order valence-corrected chi connectivity index (χ3v) is 3.69. The van der Waals surface area contributed by atoms with Gasteiger partial charge in [0, 0.05) is 18.2 Å². The second-order valence-electron chi connectivity index (χ2n) is 5.33. The summed E-state index contributed by atoms with van der Waals surface area (Å²) >= 11 is 0. The van der Waals surface area contributed by atoms with E-state index in [1.165, 1.54) is 20.1 Å². The summed E-state index contributed by atoms with van der Waals surface area (Å²) in [7, 11) is 1.34. The molecule has 7 nitrogen and oxygen atoms in total. The molecule has 0 atom stereocenters. The first-order chi connectivity index (χ1) is 11.4. The molecule has 0 saturated heterocycles. The summed E-state index contributed by atoms with van der Waals surface area (Å²) in [6, 6.07) is 1.18. The van der Waals surface area contributed by atoms with Crippen LogP contribution in [0.2, 0.25) is 0 Å². The lowest BCUT2D eigenvalue weighted by Crippen LogP contribution is -2.28. The minimum atomic E-state index is -0.458. The number of benzene rings is 1. The molecule has 0 radical (unpaired) electrons. The van der Waals surface area contributed by atoms with Crippen molar-refractivity contribution in [1.29, 1.82) is 0 Å². The maximum absolute atomic E-state index is 12.8. The van der Waals surface area contributed by atoms with Crippen LogP contribution in [0.1, 0.15) is 35.0 Å². The molecule has 0 unspecified atom stereocenters. The number of ether oxygens (including phenoxy) is 1. The number of carbonyl (C=O) groups excluding carboxylic acids is 2. The quantitative estimate of drug-likeness (QED) is 0.779. The number of methoxy groups -OCH3 is 1. The van der Waals surface area contributed by atoms with Gasteiger partial charge in [0.05, 0.1) is 19.1 Å². The van der Waals surface area contributed by atoms with E-state index in [1.807, 2.05) is 6.92 Å². The van der Waals surface area contributed by atoms with Gasteiger partial charge in [0.1, 0.15) is 22.6 Å². The van der Waals surface area contributed by atoms with Crippen molar-refractivity contribution in [2.75, 3.05) is 13.7 Å². The molecule has 0 aliphatic rings. The first-order valence-electron chi connectivity index (χ1n) is 7.52. The van der Waals surface area contributed by atoms with Gasteiger partial charge in [0.2, 0.25) is 5.91 Å². The zero-order valence-corrected chi connectivity index (χ0v) is 13.8. The molecule has 2 N–H and O–H groups in total. The van der Waals surface area contributed by atoms with Crippen LogP contribution in [0.3, 0.4) is 0 Å². The third-order valence-electron chi connectivity index (χ3n) is 3.69. The van der Waals surface area contributed by atoms with E-state index in [2.05, 4.69) is 5.32 Å². The summed E-state index contributed by atoms with van der Waals surface area (Å²) in [4.78, 5) is 35.9. The molecule has 2 aromatic rings. The van der Waals surface area contributed by atoms with Gasteiger partial charge in [-0.05, 0) is 13.3 Å². The predicted molar refractivity (Wildman–Crippen MR) is 87.8 cm³/mol. The zero-order chi connectivity index (χ0) is 17.9. The Hall–Kier alpha value is -2.83. The fourth-order valence-corrected chi connectivity index (χ4v) is 2.45. The minimum Gasteiger partial charge on any atom is -0.507 e. The highest BCUT2D eigenvalue weighted by atomic mass is 16.5. The number of phenols is 1. The number of hydrogen-bond acceptors (Lipinski definition) is 6. The number of carbonyl (C=O) groups is 2. The SMILES string of the molecule is CCCNC(=O)Cc1c(C)oc2c(C=O)c(O)cc(OC)c2c1=O. The van der Waals surface area contributed by atoms with Crippen molar-refractivity contribution in [2.24, 2.45) is 0 Å². The number of fused-ring (bicyclic) bond motifs is 1. The van der Waals surface area contributed by atoms with Crippen LogP contribution in [0.4, 0.5) is 0 Å². The largest absolute Gasteiger partial charge is 0.507 e. The summed E-state index contributed by atoms with van der Waals surface area (Å²) in [5.74, 6) is -0.336. The molecule has 0 aliphatic heterocycles. The van der Waals surface area contributed by atoms with Gasteiger partial charge in [-0.25, -0.2) is 0 Å². The number of aldehydes is 1. The van der Waals surface area contributed by atoms with Gasteiger partial charge in [-0.3, -0.25) is 14.4 Å². The van der Waals surface area contributed by atoms with Crippen LogP contribution < -0.4 is 15.5 Å². The second kappa shape index (κ2) is 7.16. The van der Waals surface area contributed by atoms with Crippen molar-refractivity contribution in [1.82, 2.24) is 5.32 Å². The molecule has 1 aromatic heterocycles. The molecular formula is C17H19NO6. The summed E-state index contributed by atoms with van der Waals surface area (Å²) in [5, 5.41) is 12.6. The molecule has 1 aromatic carbocycles. The highest BCUT2D eigenvalue weighted by molar-refractivity contribution is 6.00. The van der Waals surface area contributed by atoms with E-state index in [-0.39, 0.29) is 51.7 Å². The lowest BCUT2D eigenvalue weighted by Gasteiger charge is -2.12. The van der Waals surface area contributed by atoms with Crippen LogP contribution in [-0.2, 0) is 11.2 Å². The van der Waals surface area contributed by atoms with Gasteiger partial charge < -0.3 is 19.6 Å². The number of amides is 1. The Morgan fingerprint density at radius 3 is 2.75 bits per heavy atom. The van der Waals surface area contributed by atoms with Crippen LogP contribution in [0.5, 0.6) is 11.5 Å². The normalized spacial score (nSPS) is 10.6. The standard InChI is InChI=1S/C17H19NO6/c1-4-5-18-14(21)6-10-9(2)24-17-11(8-19)12(20)7-13(23-3)15(17)16(10)22/h7-8,20H,4-6H2,1-3H3,(H,18,21). The Labute approximate surface area is 138 Å². The first-order valence-corrected chi connectivity index (χ1v) is 7.52. The van der Waals surface area contributed by atoms with Gasteiger partial charge in [-0.1, -0.05) is 6.92 Å². The molecule has 128 valence electrons. The van der Waals surface area contributed by atoms with Crippen molar-refractivity contribution >= 4 is 23.2 Å². The second-order valence-corrected chi connectivity index (χ2v) is 5.33. The van der Waals surface area contributed by atoms with Crippen LogP contribution in [0, 0.1) is 6.92 Å². The Morgan fingerprint density at radius 2 is 2.17 bits per heavy atom. The first kappa shape index (κ1) is 17.5. The molecule has 0 spiro atoms. The maximum Gasteiger partial charge on any atom is 0.224 e. The van der Waals surface area contributed by atoms with Crippen LogP contribution in [0.15, 0.2) is 15.3 Å². The maximum atomic E-state index is 12.8. The molecule has 0 aliphatic carbocycles. The fraction of sp³-hybridized carbons (Fsp3) is 0.353. The van der Waals surface area contributed by atoms with Crippen molar-refractivity contribution in [2.45, 2.75) is 26.7 Å². The van der Waals surface area contributed by atoms with Crippen molar-refractivity contribution in [3.05, 3.63) is 33.2 Å². The fourth-order valence-electron chi connectivity index (χ4n) is 2.45. The van der Waals surface area contributed by atoms with Crippen LogP contribution >= 0.6 is 0 Å². The number of aryl methyl sites for hydroxylation is 1. The van der Waals surface area contributed by atoms with Gasteiger partial charge in [-0.15, -0.1) is 0 Å². The van der Waals surface area contributed by atoms with E-state index >= 15 is 0 Å². The number of rotatable bonds is 6. The molecule has 1 amide bonds. The average Bonchev–Trinajstić information content (AvgIpc) is 2.55. The molecule has 0 bridgehead atoms. The van der Waals surface area contributed by atoms with Gasteiger partial charge in [0.15, 0.2) is 17.3 Å². The van der Waals surface area contributed by atoms with Crippen LogP contribution in [0.25, 0.3) is 11.0 Å². The molecule has 2 rings (SSSR count). The number of hydrogen-bond donors (Lipinski definition) is 2. The van der Waals surface area contributed by atoms with Gasteiger partial charge in [-0.2, -0.15) is 0 Å². The lowest BCUT2D eigenvalue weighted by molar-refractivity contribution is -0.120. The molecular weight excluding hydrogens is 314 g/mol. The van der Waals surface area contributed by atoms with E-state index < -0.39 is 5.43 Å². The zero-order valence-electron chi connectivity index (χ0n) is 13.8. The van der Waals surface area contributed by atoms with E-state index in [0.29, 0.717) is 12.8 Å². The molecule has 0 saturated carbocycles. The van der Waals surface area contributed by atoms with Crippen molar-refractivity contribution in [3.8, 4) is 11.5 Å². The Bertz CT molecular complexity index is 853. The summed E-state index contributed by atoms with van der Waals surface area (Å²) < 4.78 is 10.7. The van der Waals surface area contributed by atoms with Crippen molar-refractivity contribution < 1.29 is 23.8 Å². The smallest absolute Gasteiger partial charge is 0.224 e. The highest BCUT2D eigenvalue weighted by Gasteiger charge is 2.22. The monoisotopic (exact) mass is 333 g/mol. The van der Waals surface area contributed by atoms with E-state index in [0.717, 1.165) is 6.42 Å². The number of nitrogens with one attached hydrogen (secondary N) is 1. The lowest BCUT2D eigenvalue weighted by atomic mass is 10.0. The number of phenolic OH excluding ortho intramolecular Hbond substituents is 1. The average molecular weight is 333 g/mol. The topological polar surface area (TPSA) is 106 Å². The van der Waals surface area contributed by atoms with Crippen LogP contribution in [-0.4, -0.2) is 31.0 Å². The Morgan fingerprint density at radius 1 is 1.46 bits per heavy atom. The Kier molecular flexibility index (Phi) is 5.23. The van der Waals surface area contributed by atoms with E-state index in [4.69, 9.17) is 9.15 Å². The van der Waals surface area contributed by atoms with Gasteiger partial charge in [0.25, 0.3) is 0 Å². The highest BCUT2D eigenvalue weighted by Crippen LogP contribution is 2.33. The molecule has 7 heteroatoms. The Balaban J connectivity index is 2.68. The molecule has 1 heterocycles. The molecule has 24 heavy (non-hydrogen) atoms. The summed E-state index contributed by atoms with van der Waals surface area (Å²) in [6.45, 7) is 3.98. The minimum absolute atomic E-state index is 0.0290. The molecule has 0 fully saturated rings. The summed E-state index contributed by atoms with van der Waals surface area (Å²) in [6.07, 6.45) is 1.06. The third kappa shape index (κ3) is 3.10. The van der Waals surface area contributed by atoms with E-state index in [1.54, 1.807) is 0 Å². The number of aromatic hydroxyl groups is 1. The summed E-state index contributed by atoms with van der Waals surface area (Å²) in [5.41, 5.74) is -0.452. The van der Waals surface area contributed by atoms with Crippen molar-refractivity contribution in [3.63, 3.8) is 0 Å². The van der Waals surface area contributed by atoms with E-state index in [9.17, 15) is 19.5 Å². The van der Waals surface area contributed by atoms with Gasteiger partial charge >= 0.3 is 0 Å². The predicted octanol–water partition coefficient (Wildman–Crippen LogP) is 1.70.